The van der Waals surface area contributed by atoms with Gasteiger partial charge < -0.3 is 25.8 Å². The molecule has 0 radical (unpaired) electrons. The SMILES string of the molecule is CCCC[n+]1cn([C@@H]2O[C@H](CO)[C@@H](O)[C@H]2O)c2nc(N)[nH]c(=O)c21. The maximum atomic E-state index is 12.3. The van der Waals surface area contributed by atoms with Crippen molar-refractivity contribution in [2.24, 2.45) is 0 Å². The highest BCUT2D eigenvalue weighted by molar-refractivity contribution is 5.67. The molecule has 10 nitrogen and oxygen atoms in total. The second kappa shape index (κ2) is 6.48. The van der Waals surface area contributed by atoms with Gasteiger partial charge in [0.2, 0.25) is 18.5 Å². The van der Waals surface area contributed by atoms with Gasteiger partial charge in [-0.1, -0.05) is 13.3 Å². The largest absolute Gasteiger partial charge is 0.394 e. The highest BCUT2D eigenvalue weighted by Crippen LogP contribution is 2.30. The third-order valence-electron chi connectivity index (χ3n) is 4.23. The van der Waals surface area contributed by atoms with Crippen LogP contribution in [0, 0.1) is 0 Å². The molecule has 2 aromatic heterocycles. The van der Waals surface area contributed by atoms with E-state index in [0.717, 1.165) is 12.8 Å². The van der Waals surface area contributed by atoms with Crippen molar-refractivity contribution in [3.05, 3.63) is 16.7 Å². The molecule has 0 aromatic carbocycles. The fourth-order valence-corrected chi connectivity index (χ4v) is 2.97. The Hall–Kier alpha value is -2.01. The Morgan fingerprint density at radius 1 is 1.46 bits per heavy atom. The Labute approximate surface area is 137 Å². The van der Waals surface area contributed by atoms with Crippen molar-refractivity contribution in [1.29, 1.82) is 0 Å². The van der Waals surface area contributed by atoms with Crippen LogP contribution in [0.25, 0.3) is 11.2 Å². The normalized spacial score (nSPS) is 27.2. The molecule has 0 saturated carbocycles. The lowest BCUT2D eigenvalue weighted by atomic mass is 10.1. The van der Waals surface area contributed by atoms with Crippen LogP contribution >= 0.6 is 0 Å². The van der Waals surface area contributed by atoms with Crippen LogP contribution in [0.15, 0.2) is 11.1 Å². The van der Waals surface area contributed by atoms with Gasteiger partial charge in [-0.15, -0.1) is 0 Å². The predicted octanol–water partition coefficient (Wildman–Crippen LogP) is -1.99. The molecule has 2 aromatic rings. The molecule has 132 valence electrons. The topological polar surface area (TPSA) is 150 Å². The van der Waals surface area contributed by atoms with Crippen molar-refractivity contribution < 1.29 is 24.6 Å². The van der Waals surface area contributed by atoms with Crippen LogP contribution in [0.4, 0.5) is 5.95 Å². The molecule has 1 aliphatic rings. The van der Waals surface area contributed by atoms with E-state index in [1.807, 2.05) is 6.92 Å². The first-order chi connectivity index (χ1) is 11.5. The molecule has 3 heterocycles. The van der Waals surface area contributed by atoms with Crippen molar-refractivity contribution >= 4 is 17.1 Å². The van der Waals surface area contributed by atoms with Crippen LogP contribution in [0.1, 0.15) is 26.0 Å². The van der Waals surface area contributed by atoms with Crippen molar-refractivity contribution in [3.63, 3.8) is 0 Å². The summed E-state index contributed by atoms with van der Waals surface area (Å²) < 4.78 is 8.73. The molecule has 1 fully saturated rings. The molecule has 3 rings (SSSR count). The number of aliphatic hydroxyl groups is 3. The van der Waals surface area contributed by atoms with Gasteiger partial charge in [0, 0.05) is 0 Å². The van der Waals surface area contributed by atoms with E-state index < -0.39 is 31.1 Å². The Kier molecular flexibility index (Phi) is 4.54. The van der Waals surface area contributed by atoms with E-state index in [2.05, 4.69) is 9.97 Å². The molecule has 0 spiro atoms. The number of H-pyrrole nitrogens is 1. The summed E-state index contributed by atoms with van der Waals surface area (Å²) in [7, 11) is 0. The Morgan fingerprint density at radius 3 is 2.83 bits per heavy atom. The number of nitrogens with one attached hydrogen (secondary N) is 1. The van der Waals surface area contributed by atoms with Gasteiger partial charge in [-0.2, -0.15) is 9.55 Å². The summed E-state index contributed by atoms with van der Waals surface area (Å²) in [6.07, 6.45) is -0.984. The molecule has 0 bridgehead atoms. The quantitative estimate of drug-likeness (QED) is 0.395. The third-order valence-corrected chi connectivity index (χ3v) is 4.23. The first-order valence-electron chi connectivity index (χ1n) is 7.90. The van der Waals surface area contributed by atoms with Gasteiger partial charge in [-0.05, 0) is 6.42 Å². The number of nitrogen functional groups attached to an aromatic ring is 1. The summed E-state index contributed by atoms with van der Waals surface area (Å²) in [5.74, 6) is -0.0544. The molecule has 4 atom stereocenters. The van der Waals surface area contributed by atoms with Crippen LogP contribution < -0.4 is 15.9 Å². The van der Waals surface area contributed by atoms with Crippen molar-refractivity contribution in [2.45, 2.75) is 50.8 Å². The van der Waals surface area contributed by atoms with Crippen molar-refractivity contribution in [1.82, 2.24) is 14.5 Å². The van der Waals surface area contributed by atoms with Crippen LogP contribution in [0.2, 0.25) is 0 Å². The number of anilines is 1. The predicted molar refractivity (Wildman–Crippen MR) is 82.9 cm³/mol. The summed E-state index contributed by atoms with van der Waals surface area (Å²) in [4.78, 5) is 18.9. The molecular weight excluding hydrogens is 318 g/mol. The highest BCUT2D eigenvalue weighted by Gasteiger charge is 2.47. The van der Waals surface area contributed by atoms with E-state index >= 15 is 0 Å². The van der Waals surface area contributed by atoms with Gasteiger partial charge in [0.25, 0.3) is 11.2 Å². The minimum Gasteiger partial charge on any atom is -0.394 e. The molecule has 0 aliphatic carbocycles. The fraction of sp³-hybridized carbons (Fsp3) is 0.643. The van der Waals surface area contributed by atoms with E-state index in [1.54, 1.807) is 10.9 Å². The lowest BCUT2D eigenvalue weighted by Crippen LogP contribution is -2.37. The number of unbranched alkanes of at least 4 members (excludes halogenated alkanes) is 1. The number of fused-ring (bicyclic) bond motifs is 1. The molecule has 24 heavy (non-hydrogen) atoms. The van der Waals surface area contributed by atoms with Crippen LogP contribution in [-0.4, -0.2) is 54.8 Å². The number of aryl methyl sites for hydroxylation is 1. The zero-order valence-corrected chi connectivity index (χ0v) is 13.3. The highest BCUT2D eigenvalue weighted by atomic mass is 16.6. The van der Waals surface area contributed by atoms with Crippen molar-refractivity contribution in [3.8, 4) is 0 Å². The number of imidazole rings is 1. The number of aliphatic hydroxyl groups excluding tert-OH is 3. The average molecular weight is 340 g/mol. The smallest absolute Gasteiger partial charge is 0.304 e. The second-order valence-electron chi connectivity index (χ2n) is 5.92. The van der Waals surface area contributed by atoms with Crippen LogP contribution in [0.3, 0.4) is 0 Å². The van der Waals surface area contributed by atoms with Gasteiger partial charge in [0.15, 0.2) is 0 Å². The monoisotopic (exact) mass is 340 g/mol. The van der Waals surface area contributed by atoms with E-state index in [-0.39, 0.29) is 17.2 Å². The summed E-state index contributed by atoms with van der Waals surface area (Å²) >= 11 is 0. The number of aromatic nitrogens is 4. The lowest BCUT2D eigenvalue weighted by Gasteiger charge is -2.11. The second-order valence-corrected chi connectivity index (χ2v) is 5.92. The number of aromatic amines is 1. The molecule has 6 N–H and O–H groups in total. The first kappa shape index (κ1) is 16.8. The van der Waals surface area contributed by atoms with Gasteiger partial charge in [-0.3, -0.25) is 9.78 Å². The molecule has 1 saturated heterocycles. The number of hydrogen-bond acceptors (Lipinski definition) is 7. The summed E-state index contributed by atoms with van der Waals surface area (Å²) in [5, 5.41) is 29.4. The minimum absolute atomic E-state index is 0.0544. The zero-order valence-electron chi connectivity index (χ0n) is 13.3. The van der Waals surface area contributed by atoms with Crippen LogP contribution in [0.5, 0.6) is 0 Å². The van der Waals surface area contributed by atoms with E-state index in [9.17, 15) is 20.1 Å². The number of ether oxygens (including phenoxy) is 1. The Morgan fingerprint density at radius 2 is 2.21 bits per heavy atom. The summed E-state index contributed by atoms with van der Waals surface area (Å²) in [5.41, 5.74) is 5.81. The number of nitrogens with zero attached hydrogens (tertiary/aromatic N) is 3. The van der Waals surface area contributed by atoms with E-state index in [0.29, 0.717) is 12.1 Å². The molecule has 0 unspecified atom stereocenters. The van der Waals surface area contributed by atoms with E-state index in [1.165, 1.54) is 4.57 Å². The lowest BCUT2D eigenvalue weighted by molar-refractivity contribution is -0.673. The van der Waals surface area contributed by atoms with Crippen LogP contribution in [-0.2, 0) is 11.3 Å². The Bertz CT molecular complexity index is 788. The van der Waals surface area contributed by atoms with Gasteiger partial charge >= 0.3 is 5.56 Å². The molecule has 10 heteroatoms. The Balaban J connectivity index is 2.13. The number of rotatable bonds is 5. The average Bonchev–Trinajstić information content (AvgIpc) is 3.04. The van der Waals surface area contributed by atoms with Gasteiger partial charge in [0.1, 0.15) is 18.3 Å². The molecule has 1 aliphatic heterocycles. The first-order valence-corrected chi connectivity index (χ1v) is 7.90. The van der Waals surface area contributed by atoms with Crippen molar-refractivity contribution in [2.75, 3.05) is 12.3 Å². The zero-order chi connectivity index (χ0) is 17.4. The van der Waals surface area contributed by atoms with E-state index in [4.69, 9.17) is 10.5 Å². The maximum absolute atomic E-state index is 12.3. The fourth-order valence-electron chi connectivity index (χ4n) is 2.97. The third kappa shape index (κ3) is 2.67. The molecular formula is C14H22N5O5+. The van der Waals surface area contributed by atoms with Gasteiger partial charge in [-0.25, -0.2) is 4.57 Å². The van der Waals surface area contributed by atoms with Gasteiger partial charge in [0.05, 0.1) is 13.2 Å². The standard InChI is InChI=1S/C14H21N5O5/c1-2-3-4-18-6-19(11-8(18)12(23)17-14(15)16-11)13-10(22)9(21)7(5-20)24-13/h6-7,9-10,13,20-22H,2-5H2,1H3,(H2-,15,16,17,23)/p+1/t7-,9-,10-,13-/m1/s1. The number of nitrogens with two attached hydrogens (primary N) is 1. The molecule has 0 amide bonds. The summed E-state index contributed by atoms with van der Waals surface area (Å²) in [6.45, 7) is 2.19. The minimum atomic E-state index is -1.26. The maximum Gasteiger partial charge on any atom is 0.304 e. The number of hydrogen-bond donors (Lipinski definition) is 5. The summed E-state index contributed by atoms with van der Waals surface area (Å²) in [6, 6.07) is 0.